The fourth-order valence-electron chi connectivity index (χ4n) is 2.85. The molecule has 0 saturated heterocycles. The topological polar surface area (TPSA) is 43.4 Å². The van der Waals surface area contributed by atoms with Crippen molar-refractivity contribution in [2.24, 2.45) is 0 Å². The van der Waals surface area contributed by atoms with E-state index in [0.717, 1.165) is 12.8 Å². The van der Waals surface area contributed by atoms with E-state index < -0.39 is 5.97 Å². The fraction of sp³-hybridized carbons (Fsp3) is 0.900. The second-order valence-corrected chi connectivity index (χ2v) is 6.67. The van der Waals surface area contributed by atoms with Gasteiger partial charge in [0.25, 0.3) is 0 Å². The first-order valence-corrected chi connectivity index (χ1v) is 9.88. The van der Waals surface area contributed by atoms with E-state index in [0.29, 0.717) is 6.42 Å². The molecular formula is C20H40MgO3. The van der Waals surface area contributed by atoms with Gasteiger partial charge in [-0.3, -0.25) is 9.59 Å². The van der Waals surface area contributed by atoms with Gasteiger partial charge < -0.3 is 7.59 Å². The summed E-state index contributed by atoms with van der Waals surface area (Å²) in [6, 6.07) is 0. The van der Waals surface area contributed by atoms with Crippen molar-refractivity contribution in [1.29, 1.82) is 0 Å². The maximum Gasteiger partial charge on any atom is 2.00 e. The average Bonchev–Trinajstić information content (AvgIpc) is 2.50. The van der Waals surface area contributed by atoms with Gasteiger partial charge in [0.1, 0.15) is 0 Å². The zero-order chi connectivity index (χ0) is 17.2. The maximum atomic E-state index is 11.1. The van der Waals surface area contributed by atoms with Crippen LogP contribution in [0.2, 0.25) is 0 Å². The Hall–Kier alpha value is -0.0938. The van der Waals surface area contributed by atoms with Crippen molar-refractivity contribution in [3.05, 3.63) is 0 Å². The van der Waals surface area contributed by atoms with Crippen LogP contribution in [0.3, 0.4) is 0 Å². The van der Waals surface area contributed by atoms with Crippen LogP contribution in [0.5, 0.6) is 0 Å². The molecule has 24 heavy (non-hydrogen) atoms. The standard InChI is InChI=1S/C20H38O3.Mg.2H/c1-3-4-5-6-7-8-9-10-11-12-13-14-15-16-17-18-20(22)23-19(2)21;;;/h3-18H2,1-2H3;;;/q;+2;2*-1. The number of hydrogen-bond donors (Lipinski definition) is 0. The van der Waals surface area contributed by atoms with Crippen molar-refractivity contribution < 1.29 is 17.2 Å². The number of rotatable bonds is 16. The normalized spacial score (nSPS) is 10.2. The van der Waals surface area contributed by atoms with Crippen molar-refractivity contribution in [2.45, 2.75) is 117 Å². The molecule has 0 aliphatic heterocycles. The van der Waals surface area contributed by atoms with E-state index in [9.17, 15) is 9.59 Å². The van der Waals surface area contributed by atoms with E-state index in [2.05, 4.69) is 11.7 Å². The predicted octanol–water partition coefficient (Wildman–Crippen LogP) is 6.18. The van der Waals surface area contributed by atoms with Crippen molar-refractivity contribution in [1.82, 2.24) is 0 Å². The molecule has 0 aliphatic rings. The Morgan fingerprint density at radius 3 is 1.33 bits per heavy atom. The Balaban J connectivity index is -0.000000807. The molecule has 0 unspecified atom stereocenters. The first kappa shape index (κ1) is 26.1. The van der Waals surface area contributed by atoms with E-state index in [4.69, 9.17) is 0 Å². The molecule has 0 aromatic rings. The Bertz CT molecular complexity index is 303. The van der Waals surface area contributed by atoms with Gasteiger partial charge in [-0.1, -0.05) is 96.8 Å². The van der Waals surface area contributed by atoms with Crippen LogP contribution in [0.25, 0.3) is 0 Å². The molecule has 0 spiro atoms. The molecule has 3 nitrogen and oxygen atoms in total. The molecule has 0 saturated carbocycles. The van der Waals surface area contributed by atoms with Crippen molar-refractivity contribution in [3.63, 3.8) is 0 Å². The number of unbranched alkanes of at least 4 members (excludes halogenated alkanes) is 14. The fourth-order valence-corrected chi connectivity index (χ4v) is 2.85. The molecule has 0 aliphatic carbocycles. The van der Waals surface area contributed by atoms with Crippen LogP contribution < -0.4 is 0 Å². The van der Waals surface area contributed by atoms with Gasteiger partial charge in [0.15, 0.2) is 0 Å². The molecule has 0 rings (SSSR count). The molecule has 4 heteroatoms. The molecule has 0 atom stereocenters. The minimum atomic E-state index is -0.504. The molecule has 0 heterocycles. The summed E-state index contributed by atoms with van der Waals surface area (Å²) < 4.78 is 4.49. The molecule has 0 fully saturated rings. The average molecular weight is 353 g/mol. The van der Waals surface area contributed by atoms with Gasteiger partial charge in [0.05, 0.1) is 0 Å². The Morgan fingerprint density at radius 2 is 1.00 bits per heavy atom. The van der Waals surface area contributed by atoms with E-state index in [1.807, 2.05) is 0 Å². The largest absolute Gasteiger partial charge is 2.00 e. The van der Waals surface area contributed by atoms with E-state index in [1.54, 1.807) is 0 Å². The number of hydrogen-bond acceptors (Lipinski definition) is 3. The molecule has 0 N–H and O–H groups in total. The van der Waals surface area contributed by atoms with Gasteiger partial charge >= 0.3 is 35.0 Å². The van der Waals surface area contributed by atoms with Crippen LogP contribution in [0.15, 0.2) is 0 Å². The van der Waals surface area contributed by atoms with Crippen LogP contribution >= 0.6 is 0 Å². The van der Waals surface area contributed by atoms with Gasteiger partial charge in [-0.2, -0.15) is 0 Å². The summed E-state index contributed by atoms with van der Waals surface area (Å²) in [5, 5.41) is 0. The van der Waals surface area contributed by atoms with Gasteiger partial charge in [0, 0.05) is 13.3 Å². The SMILES string of the molecule is CCCCCCCCCCCCCCCCCC(=O)OC(C)=O.[H-].[H-].[Mg+2]. The minimum Gasteiger partial charge on any atom is -1.00 e. The summed E-state index contributed by atoms with van der Waals surface area (Å²) >= 11 is 0. The summed E-state index contributed by atoms with van der Waals surface area (Å²) in [6.07, 6.45) is 20.0. The summed E-state index contributed by atoms with van der Waals surface area (Å²) in [6.45, 7) is 3.53. The van der Waals surface area contributed by atoms with Crippen molar-refractivity contribution in [3.8, 4) is 0 Å². The van der Waals surface area contributed by atoms with Crippen LogP contribution in [-0.2, 0) is 14.3 Å². The Labute approximate surface area is 168 Å². The minimum absolute atomic E-state index is 0. The van der Waals surface area contributed by atoms with E-state index >= 15 is 0 Å². The number of carbonyl (C=O) groups is 2. The molecule has 0 radical (unpaired) electrons. The van der Waals surface area contributed by atoms with Crippen molar-refractivity contribution >= 4 is 35.0 Å². The number of esters is 2. The number of ether oxygens (including phenoxy) is 1. The summed E-state index contributed by atoms with van der Waals surface area (Å²) in [5.74, 6) is -0.886. The second-order valence-electron chi connectivity index (χ2n) is 6.67. The maximum absolute atomic E-state index is 11.1. The molecule has 140 valence electrons. The molecule has 0 aromatic heterocycles. The van der Waals surface area contributed by atoms with Gasteiger partial charge in [-0.25, -0.2) is 0 Å². The van der Waals surface area contributed by atoms with Crippen LogP contribution in [0.4, 0.5) is 0 Å². The van der Waals surface area contributed by atoms with Crippen LogP contribution in [-0.4, -0.2) is 35.0 Å². The third kappa shape index (κ3) is 21.9. The first-order chi connectivity index (χ1) is 11.2. The molecular weight excluding hydrogens is 313 g/mol. The molecule has 0 amide bonds. The Morgan fingerprint density at radius 1 is 0.667 bits per heavy atom. The Kier molecular flexibility index (Phi) is 22.8. The predicted molar refractivity (Wildman–Crippen MR) is 104 cm³/mol. The smallest absolute Gasteiger partial charge is 1.00 e. The van der Waals surface area contributed by atoms with Crippen LogP contribution in [0.1, 0.15) is 119 Å². The summed E-state index contributed by atoms with van der Waals surface area (Å²) in [4.78, 5) is 21.7. The zero-order valence-electron chi connectivity index (χ0n) is 18.2. The zero-order valence-corrected chi connectivity index (χ0v) is 17.7. The monoisotopic (exact) mass is 352 g/mol. The van der Waals surface area contributed by atoms with Gasteiger partial charge in [0.2, 0.25) is 0 Å². The molecule has 0 aromatic carbocycles. The summed E-state index contributed by atoms with van der Waals surface area (Å²) in [5.41, 5.74) is 0. The summed E-state index contributed by atoms with van der Waals surface area (Å²) in [7, 11) is 0. The number of carbonyl (C=O) groups excluding carboxylic acids is 2. The van der Waals surface area contributed by atoms with E-state index in [1.165, 1.54) is 90.4 Å². The second kappa shape index (κ2) is 20.9. The van der Waals surface area contributed by atoms with Gasteiger partial charge in [-0.15, -0.1) is 0 Å². The third-order valence-electron chi connectivity index (χ3n) is 4.24. The quantitative estimate of drug-likeness (QED) is 0.144. The van der Waals surface area contributed by atoms with Crippen LogP contribution in [0, 0.1) is 0 Å². The molecule has 0 bridgehead atoms. The van der Waals surface area contributed by atoms with Crippen molar-refractivity contribution in [2.75, 3.05) is 0 Å². The van der Waals surface area contributed by atoms with Gasteiger partial charge in [-0.05, 0) is 6.42 Å². The third-order valence-corrected chi connectivity index (χ3v) is 4.24. The van der Waals surface area contributed by atoms with E-state index in [-0.39, 0.29) is 31.9 Å². The first-order valence-electron chi connectivity index (χ1n) is 9.88.